The first-order chi connectivity index (χ1) is 13.0. The van der Waals surface area contributed by atoms with Crippen LogP contribution in [0.25, 0.3) is 0 Å². The molecule has 6 nitrogen and oxygen atoms in total. The number of amides is 2. The molecule has 0 radical (unpaired) electrons. The zero-order valence-corrected chi connectivity index (χ0v) is 16.5. The number of hydrogen-bond donors (Lipinski definition) is 2. The molecule has 1 saturated carbocycles. The number of aromatic nitrogens is 2. The highest BCUT2D eigenvalue weighted by atomic mass is 16.5. The number of ether oxygens (including phenoxy) is 1. The highest BCUT2D eigenvalue weighted by Crippen LogP contribution is 2.25. The molecule has 0 bridgehead atoms. The van der Waals surface area contributed by atoms with E-state index in [0.29, 0.717) is 12.6 Å². The lowest BCUT2D eigenvalue weighted by atomic mass is 10.2. The average Bonchev–Trinajstić information content (AvgIpc) is 3.24. The zero-order chi connectivity index (χ0) is 19.2. The van der Waals surface area contributed by atoms with Crippen LogP contribution in [0.4, 0.5) is 10.5 Å². The fraction of sp³-hybridized carbons (Fsp3) is 0.524. The second-order valence-corrected chi connectivity index (χ2v) is 7.60. The van der Waals surface area contributed by atoms with Crippen LogP contribution in [0.1, 0.15) is 44.0 Å². The lowest BCUT2D eigenvalue weighted by Gasteiger charge is -2.15. The molecule has 1 aromatic heterocycles. The van der Waals surface area contributed by atoms with Crippen LogP contribution in [-0.4, -0.2) is 28.5 Å². The van der Waals surface area contributed by atoms with Crippen molar-refractivity contribution in [1.29, 1.82) is 0 Å². The van der Waals surface area contributed by atoms with Crippen molar-refractivity contribution in [3.05, 3.63) is 41.7 Å². The van der Waals surface area contributed by atoms with E-state index in [9.17, 15) is 4.79 Å². The SMILES string of the molecule is Cc1cc(C)n(CC(C)CNC(=O)Nc2ccc(OC3CCCC3)cc2)n1. The van der Waals surface area contributed by atoms with Gasteiger partial charge in [0.25, 0.3) is 0 Å². The minimum atomic E-state index is -0.195. The first-order valence-corrected chi connectivity index (χ1v) is 9.82. The summed E-state index contributed by atoms with van der Waals surface area (Å²) < 4.78 is 7.93. The third-order valence-electron chi connectivity index (χ3n) is 4.92. The van der Waals surface area contributed by atoms with E-state index in [0.717, 1.165) is 42.2 Å². The fourth-order valence-corrected chi connectivity index (χ4v) is 3.48. The first-order valence-electron chi connectivity index (χ1n) is 9.82. The number of aryl methyl sites for hydroxylation is 2. The van der Waals surface area contributed by atoms with E-state index in [2.05, 4.69) is 28.7 Å². The maximum Gasteiger partial charge on any atom is 0.319 e. The van der Waals surface area contributed by atoms with Crippen LogP contribution < -0.4 is 15.4 Å². The Labute approximate surface area is 161 Å². The van der Waals surface area contributed by atoms with E-state index in [-0.39, 0.29) is 11.9 Å². The summed E-state index contributed by atoms with van der Waals surface area (Å²) in [4.78, 5) is 12.1. The van der Waals surface area contributed by atoms with Gasteiger partial charge in [-0.1, -0.05) is 6.92 Å². The Morgan fingerprint density at radius 3 is 2.59 bits per heavy atom. The molecule has 3 rings (SSSR count). The minimum absolute atomic E-state index is 0.195. The van der Waals surface area contributed by atoms with E-state index in [1.54, 1.807) is 0 Å². The van der Waals surface area contributed by atoms with Gasteiger partial charge in [0, 0.05) is 24.5 Å². The molecule has 2 N–H and O–H groups in total. The molecule has 0 aliphatic heterocycles. The zero-order valence-electron chi connectivity index (χ0n) is 16.5. The Bertz CT molecular complexity index is 748. The summed E-state index contributed by atoms with van der Waals surface area (Å²) in [7, 11) is 0. The van der Waals surface area contributed by atoms with E-state index >= 15 is 0 Å². The average molecular weight is 370 g/mol. The molecule has 1 aliphatic rings. The van der Waals surface area contributed by atoms with Gasteiger partial charge in [0.05, 0.1) is 11.8 Å². The maximum atomic E-state index is 12.1. The van der Waals surface area contributed by atoms with Gasteiger partial charge in [-0.3, -0.25) is 4.68 Å². The third kappa shape index (κ3) is 5.74. The summed E-state index contributed by atoms with van der Waals surface area (Å²) >= 11 is 0. The number of urea groups is 1. The van der Waals surface area contributed by atoms with Crippen LogP contribution in [0.15, 0.2) is 30.3 Å². The van der Waals surface area contributed by atoms with Gasteiger partial charge in [-0.2, -0.15) is 5.10 Å². The van der Waals surface area contributed by atoms with Crippen molar-refractivity contribution in [3.8, 4) is 5.75 Å². The van der Waals surface area contributed by atoms with Crippen molar-refractivity contribution >= 4 is 11.7 Å². The number of benzene rings is 1. The number of anilines is 1. The van der Waals surface area contributed by atoms with Gasteiger partial charge in [-0.25, -0.2) is 4.79 Å². The number of hydrogen-bond acceptors (Lipinski definition) is 3. The van der Waals surface area contributed by atoms with E-state index in [1.165, 1.54) is 12.8 Å². The summed E-state index contributed by atoms with van der Waals surface area (Å²) in [6.07, 6.45) is 5.12. The lowest BCUT2D eigenvalue weighted by molar-refractivity contribution is 0.210. The standard InChI is InChI=1S/C21H30N4O2/c1-15(14-25-17(3)12-16(2)24-25)13-22-21(26)23-18-8-10-20(11-9-18)27-19-6-4-5-7-19/h8-12,15,19H,4-7,13-14H2,1-3H3,(H2,22,23,26). The molecule has 1 aromatic carbocycles. The number of nitrogens with one attached hydrogen (secondary N) is 2. The molecule has 27 heavy (non-hydrogen) atoms. The van der Waals surface area contributed by atoms with Gasteiger partial charge in [0.2, 0.25) is 0 Å². The van der Waals surface area contributed by atoms with Crippen molar-refractivity contribution in [2.24, 2.45) is 5.92 Å². The van der Waals surface area contributed by atoms with Crippen LogP contribution in [0, 0.1) is 19.8 Å². The molecular formula is C21H30N4O2. The highest BCUT2D eigenvalue weighted by Gasteiger charge is 2.16. The van der Waals surface area contributed by atoms with Crippen molar-refractivity contribution in [3.63, 3.8) is 0 Å². The maximum absolute atomic E-state index is 12.1. The van der Waals surface area contributed by atoms with E-state index in [1.807, 2.05) is 42.8 Å². The van der Waals surface area contributed by atoms with E-state index in [4.69, 9.17) is 4.74 Å². The summed E-state index contributed by atoms with van der Waals surface area (Å²) in [5, 5.41) is 10.3. The molecule has 2 amide bonds. The normalized spacial score (nSPS) is 15.5. The van der Waals surface area contributed by atoms with Crippen molar-refractivity contribution in [2.45, 2.75) is 59.1 Å². The third-order valence-corrected chi connectivity index (χ3v) is 4.92. The van der Waals surface area contributed by atoms with Crippen LogP contribution in [0.5, 0.6) is 5.75 Å². The summed E-state index contributed by atoms with van der Waals surface area (Å²) in [6.45, 7) is 7.52. The van der Waals surface area contributed by atoms with Crippen LogP contribution in [0.3, 0.4) is 0 Å². The molecule has 0 saturated heterocycles. The molecular weight excluding hydrogens is 340 g/mol. The monoisotopic (exact) mass is 370 g/mol. The number of nitrogens with zero attached hydrogens (tertiary/aromatic N) is 2. The summed E-state index contributed by atoms with van der Waals surface area (Å²) in [5.74, 6) is 1.15. The van der Waals surface area contributed by atoms with Crippen LogP contribution in [0.2, 0.25) is 0 Å². The Morgan fingerprint density at radius 2 is 1.96 bits per heavy atom. The Hall–Kier alpha value is -2.50. The van der Waals surface area contributed by atoms with Gasteiger partial charge in [-0.15, -0.1) is 0 Å². The molecule has 1 fully saturated rings. The van der Waals surface area contributed by atoms with Crippen LogP contribution >= 0.6 is 0 Å². The molecule has 6 heteroatoms. The quantitative estimate of drug-likeness (QED) is 0.764. The lowest BCUT2D eigenvalue weighted by Crippen LogP contribution is -2.33. The summed E-state index contributed by atoms with van der Waals surface area (Å²) in [5.41, 5.74) is 2.92. The van der Waals surface area contributed by atoms with E-state index < -0.39 is 0 Å². The fourth-order valence-electron chi connectivity index (χ4n) is 3.48. The Morgan fingerprint density at radius 1 is 1.26 bits per heavy atom. The molecule has 1 aliphatic carbocycles. The largest absolute Gasteiger partial charge is 0.490 e. The number of carbonyl (C=O) groups is 1. The minimum Gasteiger partial charge on any atom is -0.490 e. The Kier molecular flexibility index (Phi) is 6.37. The smallest absolute Gasteiger partial charge is 0.319 e. The van der Waals surface area contributed by atoms with Gasteiger partial charge >= 0.3 is 6.03 Å². The predicted molar refractivity (Wildman–Crippen MR) is 107 cm³/mol. The molecule has 2 aromatic rings. The molecule has 1 heterocycles. The molecule has 1 atom stereocenters. The predicted octanol–water partition coefficient (Wildman–Crippen LogP) is 4.28. The van der Waals surface area contributed by atoms with Gasteiger partial charge in [-0.05, 0) is 75.8 Å². The molecule has 1 unspecified atom stereocenters. The van der Waals surface area contributed by atoms with Crippen molar-refractivity contribution in [2.75, 3.05) is 11.9 Å². The Balaban J connectivity index is 1.41. The molecule has 146 valence electrons. The second-order valence-electron chi connectivity index (χ2n) is 7.60. The first kappa shape index (κ1) is 19.3. The summed E-state index contributed by atoms with van der Waals surface area (Å²) in [6, 6.07) is 9.46. The van der Waals surface area contributed by atoms with Crippen molar-refractivity contribution in [1.82, 2.24) is 15.1 Å². The molecule has 0 spiro atoms. The highest BCUT2D eigenvalue weighted by molar-refractivity contribution is 5.89. The van der Waals surface area contributed by atoms with Gasteiger partial charge < -0.3 is 15.4 Å². The second kappa shape index (κ2) is 8.93. The van der Waals surface area contributed by atoms with Gasteiger partial charge in [0.1, 0.15) is 5.75 Å². The van der Waals surface area contributed by atoms with Gasteiger partial charge in [0.15, 0.2) is 0 Å². The number of carbonyl (C=O) groups excluding carboxylic acids is 1. The number of rotatable bonds is 7. The van der Waals surface area contributed by atoms with Crippen molar-refractivity contribution < 1.29 is 9.53 Å². The topological polar surface area (TPSA) is 68.2 Å². The van der Waals surface area contributed by atoms with Crippen LogP contribution in [-0.2, 0) is 6.54 Å².